The first-order valence-electron chi connectivity index (χ1n) is 6.14. The van der Waals surface area contributed by atoms with Crippen molar-refractivity contribution in [3.63, 3.8) is 0 Å². The van der Waals surface area contributed by atoms with Gasteiger partial charge < -0.3 is 26.2 Å². The first-order chi connectivity index (χ1) is 9.72. The maximum atomic E-state index is 12.1. The average molecular weight is 295 g/mol. The number of aromatic hydroxyl groups is 1. The Kier molecular flexibility index (Phi) is 5.12. The zero-order valence-electron chi connectivity index (χ0n) is 11.7. The number of nitrogens with two attached hydrogens (primary N) is 1. The number of anilines is 1. The van der Waals surface area contributed by atoms with Crippen molar-refractivity contribution in [2.45, 2.75) is 19.9 Å². The van der Waals surface area contributed by atoms with Crippen LogP contribution in [0.15, 0.2) is 18.2 Å². The van der Waals surface area contributed by atoms with E-state index in [4.69, 9.17) is 10.8 Å². The van der Waals surface area contributed by atoms with Crippen LogP contribution in [0.25, 0.3) is 0 Å². The van der Waals surface area contributed by atoms with Gasteiger partial charge in [0.25, 0.3) is 0 Å². The van der Waals surface area contributed by atoms with E-state index in [9.17, 15) is 19.5 Å². The van der Waals surface area contributed by atoms with E-state index in [1.165, 1.54) is 11.0 Å². The highest BCUT2D eigenvalue weighted by Gasteiger charge is 2.20. The number of nitrogens with one attached hydrogen (secondary N) is 1. The quantitative estimate of drug-likeness (QED) is 0.597. The summed E-state index contributed by atoms with van der Waals surface area (Å²) in [5.41, 5.74) is 4.93. The number of hydrogen-bond donors (Lipinski definition) is 4. The second-order valence-electron chi connectivity index (χ2n) is 4.66. The Morgan fingerprint density at radius 2 is 1.95 bits per heavy atom. The average Bonchev–Trinajstić information content (AvgIpc) is 2.37. The Labute approximate surface area is 121 Å². The Balaban J connectivity index is 2.93. The van der Waals surface area contributed by atoms with Gasteiger partial charge in [0, 0.05) is 11.7 Å². The summed E-state index contributed by atoms with van der Waals surface area (Å²) in [5, 5.41) is 20.7. The fraction of sp³-hybridized carbons (Fsp3) is 0.308. The summed E-state index contributed by atoms with van der Waals surface area (Å²) >= 11 is 0. The fourth-order valence-electron chi connectivity index (χ4n) is 1.64. The van der Waals surface area contributed by atoms with Gasteiger partial charge in [-0.05, 0) is 32.0 Å². The lowest BCUT2D eigenvalue weighted by Crippen LogP contribution is -2.44. The van der Waals surface area contributed by atoms with Gasteiger partial charge in [-0.25, -0.2) is 9.59 Å². The first kappa shape index (κ1) is 16.3. The number of urea groups is 1. The number of aromatic carboxylic acids is 1. The predicted octanol–water partition coefficient (Wildman–Crippen LogP) is 0.818. The number of rotatable bonds is 5. The molecule has 0 fully saturated rings. The summed E-state index contributed by atoms with van der Waals surface area (Å²) in [6, 6.07) is 2.77. The molecule has 0 unspecified atom stereocenters. The van der Waals surface area contributed by atoms with Crippen LogP contribution in [-0.4, -0.2) is 45.6 Å². The van der Waals surface area contributed by atoms with Gasteiger partial charge in [0.2, 0.25) is 5.91 Å². The lowest BCUT2D eigenvalue weighted by atomic mass is 10.2. The van der Waals surface area contributed by atoms with Gasteiger partial charge in [0.05, 0.1) is 0 Å². The minimum Gasteiger partial charge on any atom is -0.507 e. The summed E-state index contributed by atoms with van der Waals surface area (Å²) in [7, 11) is 0. The topological polar surface area (TPSA) is 133 Å². The molecule has 1 aromatic rings. The third-order valence-electron chi connectivity index (χ3n) is 2.69. The minimum absolute atomic E-state index is 0.185. The van der Waals surface area contributed by atoms with Crippen molar-refractivity contribution < 1.29 is 24.6 Å². The molecule has 1 rings (SSSR count). The Morgan fingerprint density at radius 3 is 2.43 bits per heavy atom. The smallest absolute Gasteiger partial charge is 0.339 e. The van der Waals surface area contributed by atoms with Gasteiger partial charge in [-0.2, -0.15) is 0 Å². The van der Waals surface area contributed by atoms with Crippen molar-refractivity contribution in [2.24, 2.45) is 5.73 Å². The van der Waals surface area contributed by atoms with Crippen LogP contribution in [0, 0.1) is 0 Å². The maximum Gasteiger partial charge on any atom is 0.339 e. The van der Waals surface area contributed by atoms with Gasteiger partial charge in [0.1, 0.15) is 17.9 Å². The van der Waals surface area contributed by atoms with E-state index < -0.39 is 23.7 Å². The molecular weight excluding hydrogens is 278 g/mol. The molecule has 0 saturated carbocycles. The number of amides is 3. The van der Waals surface area contributed by atoms with E-state index in [0.29, 0.717) is 0 Å². The van der Waals surface area contributed by atoms with Crippen LogP contribution >= 0.6 is 0 Å². The van der Waals surface area contributed by atoms with Crippen LogP contribution < -0.4 is 11.1 Å². The van der Waals surface area contributed by atoms with Gasteiger partial charge in [0.15, 0.2) is 0 Å². The lowest BCUT2D eigenvalue weighted by molar-refractivity contribution is -0.118. The third kappa shape index (κ3) is 4.37. The lowest BCUT2D eigenvalue weighted by Gasteiger charge is -2.25. The third-order valence-corrected chi connectivity index (χ3v) is 2.69. The normalized spacial score (nSPS) is 10.2. The number of carboxylic acids is 1. The Morgan fingerprint density at radius 1 is 1.33 bits per heavy atom. The van der Waals surface area contributed by atoms with Crippen LogP contribution in [0.4, 0.5) is 10.5 Å². The van der Waals surface area contributed by atoms with Crippen LogP contribution in [0.3, 0.4) is 0 Å². The minimum atomic E-state index is -1.32. The van der Waals surface area contributed by atoms with E-state index in [2.05, 4.69) is 5.32 Å². The van der Waals surface area contributed by atoms with E-state index in [1.807, 2.05) is 0 Å². The monoisotopic (exact) mass is 295 g/mol. The van der Waals surface area contributed by atoms with Crippen molar-refractivity contribution in [1.82, 2.24) is 4.90 Å². The van der Waals surface area contributed by atoms with Crippen molar-refractivity contribution in [3.05, 3.63) is 23.8 Å². The highest BCUT2D eigenvalue weighted by molar-refractivity contribution is 5.96. The second-order valence-corrected chi connectivity index (χ2v) is 4.66. The molecule has 8 heteroatoms. The van der Waals surface area contributed by atoms with E-state index in [-0.39, 0.29) is 23.8 Å². The van der Waals surface area contributed by atoms with Crippen LogP contribution in [0.5, 0.6) is 5.75 Å². The zero-order chi connectivity index (χ0) is 16.2. The first-order valence-corrected chi connectivity index (χ1v) is 6.14. The summed E-state index contributed by atoms with van der Waals surface area (Å²) in [4.78, 5) is 35.1. The molecular formula is C13H17N3O5. The zero-order valence-corrected chi connectivity index (χ0v) is 11.7. The van der Waals surface area contributed by atoms with Crippen molar-refractivity contribution in [3.8, 4) is 5.75 Å². The summed E-state index contributed by atoms with van der Waals surface area (Å²) in [5.74, 6) is -2.38. The van der Waals surface area contributed by atoms with E-state index in [1.54, 1.807) is 13.8 Å². The van der Waals surface area contributed by atoms with Gasteiger partial charge in [-0.3, -0.25) is 4.79 Å². The molecule has 3 amide bonds. The summed E-state index contributed by atoms with van der Waals surface area (Å²) in [6.45, 7) is 3.16. The standard InChI is InChI=1S/C13H17N3O5/c1-7(2)16(6-11(14)18)13(21)15-8-3-4-10(17)9(5-8)12(19)20/h3-5,7,17H,6H2,1-2H3,(H2,14,18)(H,15,21)(H,19,20). The largest absolute Gasteiger partial charge is 0.507 e. The fourth-order valence-corrected chi connectivity index (χ4v) is 1.64. The van der Waals surface area contributed by atoms with Crippen molar-refractivity contribution in [2.75, 3.05) is 11.9 Å². The van der Waals surface area contributed by atoms with Gasteiger partial charge in [-0.15, -0.1) is 0 Å². The highest BCUT2D eigenvalue weighted by atomic mass is 16.4. The SMILES string of the molecule is CC(C)N(CC(N)=O)C(=O)Nc1ccc(O)c(C(=O)O)c1. The van der Waals surface area contributed by atoms with Crippen LogP contribution in [0.2, 0.25) is 0 Å². The molecule has 0 bridgehead atoms. The van der Waals surface area contributed by atoms with Crippen LogP contribution in [-0.2, 0) is 4.79 Å². The molecule has 0 atom stereocenters. The maximum absolute atomic E-state index is 12.1. The molecule has 1 aromatic carbocycles. The molecule has 0 aromatic heterocycles. The molecule has 21 heavy (non-hydrogen) atoms. The molecule has 0 saturated heterocycles. The van der Waals surface area contributed by atoms with Crippen molar-refractivity contribution >= 4 is 23.6 Å². The number of primary amides is 1. The summed E-state index contributed by atoms with van der Waals surface area (Å²) in [6.07, 6.45) is 0. The molecule has 0 aliphatic carbocycles. The molecule has 5 N–H and O–H groups in total. The van der Waals surface area contributed by atoms with Crippen LogP contribution in [0.1, 0.15) is 24.2 Å². The summed E-state index contributed by atoms with van der Waals surface area (Å²) < 4.78 is 0. The number of carbonyl (C=O) groups is 3. The number of benzene rings is 1. The van der Waals surface area contributed by atoms with Crippen molar-refractivity contribution in [1.29, 1.82) is 0 Å². The van der Waals surface area contributed by atoms with Gasteiger partial charge in [-0.1, -0.05) is 0 Å². The molecule has 0 aliphatic rings. The number of carbonyl (C=O) groups excluding carboxylic acids is 2. The van der Waals surface area contributed by atoms with E-state index in [0.717, 1.165) is 12.1 Å². The molecule has 0 spiro atoms. The molecule has 0 radical (unpaired) electrons. The molecule has 114 valence electrons. The Hall–Kier alpha value is -2.77. The van der Waals surface area contributed by atoms with E-state index >= 15 is 0 Å². The Bertz CT molecular complexity index is 571. The molecule has 8 nitrogen and oxygen atoms in total. The number of phenols is 1. The number of carboxylic acid groups (broad SMARTS) is 1. The number of nitrogens with zero attached hydrogens (tertiary/aromatic N) is 1. The molecule has 0 heterocycles. The number of hydrogen-bond acceptors (Lipinski definition) is 4. The highest BCUT2D eigenvalue weighted by Crippen LogP contribution is 2.21. The molecule has 0 aliphatic heterocycles. The predicted molar refractivity (Wildman–Crippen MR) is 75.1 cm³/mol. The second kappa shape index (κ2) is 6.60. The van der Waals surface area contributed by atoms with Gasteiger partial charge >= 0.3 is 12.0 Å².